The average Bonchev–Trinajstić information content (AvgIpc) is 1.62. The molecule has 0 bridgehead atoms. The van der Waals surface area contributed by atoms with Gasteiger partial charge in [0.25, 0.3) is 29.5 Å². The molecule has 12 aromatic rings. The van der Waals surface area contributed by atoms with E-state index in [1.165, 1.54) is 25.3 Å². The quantitative estimate of drug-likeness (QED) is 0.0555. The van der Waals surface area contributed by atoms with Crippen molar-refractivity contribution in [1.29, 1.82) is 0 Å². The number of ether oxygens (including phenoxy) is 3. The number of carbonyl (C=O) groups excluding carboxylic acids is 5. The smallest absolute Gasteiger partial charge is 0.256 e. The van der Waals surface area contributed by atoms with Crippen LogP contribution >= 0.6 is 89.9 Å². The number of nitrogens with one attached hydrogen (secondary N) is 5. The van der Waals surface area contributed by atoms with Crippen molar-refractivity contribution in [3.05, 3.63) is 314 Å². The molecule has 4 unspecified atom stereocenters. The van der Waals surface area contributed by atoms with Gasteiger partial charge in [-0.25, -0.2) is 39.9 Å². The van der Waals surface area contributed by atoms with Crippen LogP contribution in [0.3, 0.4) is 0 Å². The molecule has 25 nitrogen and oxygen atoms in total. The lowest BCUT2D eigenvalue weighted by atomic mass is 10.0. The molecule has 0 saturated heterocycles. The van der Waals surface area contributed by atoms with Crippen molar-refractivity contribution in [1.82, 2.24) is 65.2 Å². The highest BCUT2D eigenvalue weighted by molar-refractivity contribution is 9.10. The Bertz CT molecular complexity index is 5460. The second-order valence-electron chi connectivity index (χ2n) is 26.6. The minimum absolute atomic E-state index is 0.000369. The van der Waals surface area contributed by atoms with Crippen LogP contribution < -0.4 is 46.5 Å². The number of carbonyl (C=O) groups is 5. The summed E-state index contributed by atoms with van der Waals surface area (Å²) in [6, 6.07) is 48.4. The fourth-order valence-corrected chi connectivity index (χ4v) is 16.1. The van der Waals surface area contributed by atoms with E-state index < -0.39 is 0 Å². The largest absolute Gasteiger partial charge is 0.497 e. The molecule has 116 heavy (non-hydrogen) atoms. The first kappa shape index (κ1) is 83.9. The second kappa shape index (κ2) is 38.3. The molecule has 32 heteroatoms. The highest BCUT2D eigenvalue weighted by Crippen LogP contribution is 2.44. The van der Waals surface area contributed by atoms with Gasteiger partial charge in [-0.1, -0.05) is 126 Å². The lowest BCUT2D eigenvalue weighted by Crippen LogP contribution is -2.26. The maximum Gasteiger partial charge on any atom is 0.256 e. The van der Waals surface area contributed by atoms with Crippen molar-refractivity contribution in [3.8, 4) is 17.2 Å². The number of nitrogen functional groups attached to an aromatic ring is 1. The highest BCUT2D eigenvalue weighted by Gasteiger charge is 2.39. The molecule has 0 spiro atoms. The van der Waals surface area contributed by atoms with Crippen LogP contribution in [0, 0.1) is 0 Å². The van der Waals surface area contributed by atoms with Crippen molar-refractivity contribution >= 4 is 160 Å². The number of methoxy groups -OCH3 is 3. The van der Waals surface area contributed by atoms with Crippen molar-refractivity contribution in [2.24, 2.45) is 0 Å². The summed E-state index contributed by atoms with van der Waals surface area (Å²) < 4.78 is 17.3. The van der Waals surface area contributed by atoms with Gasteiger partial charge in [0.1, 0.15) is 65.8 Å². The molecule has 0 aliphatic carbocycles. The van der Waals surface area contributed by atoms with Gasteiger partial charge in [0, 0.05) is 77.0 Å². The van der Waals surface area contributed by atoms with Crippen LogP contribution in [0.4, 0.5) is 40.3 Å². The Morgan fingerprint density at radius 1 is 0.414 bits per heavy atom. The fraction of sp³-hybridized carbons (Fsp3) is 0.179. The fourth-order valence-electron chi connectivity index (χ4n) is 13.3. The van der Waals surface area contributed by atoms with Crippen LogP contribution in [0.25, 0.3) is 0 Å². The number of hydrogen-bond donors (Lipinski definition) is 6. The van der Waals surface area contributed by atoms with Crippen molar-refractivity contribution in [2.45, 2.75) is 78.0 Å². The zero-order valence-electron chi connectivity index (χ0n) is 63.2. The van der Waals surface area contributed by atoms with E-state index in [4.69, 9.17) is 77.9 Å². The van der Waals surface area contributed by atoms with Crippen LogP contribution in [0.2, 0.25) is 25.1 Å². The Labute approximate surface area is 710 Å². The number of benzene rings is 8. The van der Waals surface area contributed by atoms with E-state index in [2.05, 4.69) is 98.3 Å². The van der Waals surface area contributed by atoms with E-state index in [1.54, 1.807) is 106 Å². The Morgan fingerprint density at radius 2 is 0.759 bits per heavy atom. The van der Waals surface area contributed by atoms with Gasteiger partial charge in [-0.2, -0.15) is 0 Å². The summed E-state index contributed by atoms with van der Waals surface area (Å²) in [5, 5.41) is 17.5. The van der Waals surface area contributed by atoms with E-state index in [-0.39, 0.29) is 53.7 Å². The lowest BCUT2D eigenvalue weighted by Gasteiger charge is -2.22. The Balaban J connectivity index is 0.000000132. The zero-order valence-corrected chi connectivity index (χ0v) is 70.1. The van der Waals surface area contributed by atoms with Crippen LogP contribution in [-0.2, 0) is 26.2 Å². The van der Waals surface area contributed by atoms with Gasteiger partial charge in [0.2, 0.25) is 0 Å². The summed E-state index contributed by atoms with van der Waals surface area (Å²) in [6.45, 7) is 10.1. The molecule has 592 valence electrons. The number of aromatic nitrogens is 8. The number of halogens is 7. The number of nitrogens with zero attached hydrogens (tertiary/aromatic N) is 11. The maximum atomic E-state index is 13.0. The Hall–Kier alpha value is -11.6. The number of rotatable bonds is 15. The third-order valence-electron chi connectivity index (χ3n) is 19.0. The predicted octanol–water partition coefficient (Wildman–Crippen LogP) is 19.1. The molecule has 0 radical (unpaired) electrons. The van der Waals surface area contributed by atoms with E-state index >= 15 is 0 Å². The third kappa shape index (κ3) is 20.2. The van der Waals surface area contributed by atoms with Gasteiger partial charge in [-0.05, 0) is 194 Å². The molecule has 4 aromatic heterocycles. The Morgan fingerprint density at radius 3 is 1.12 bits per heavy atom. The molecule has 0 saturated carbocycles. The summed E-state index contributed by atoms with van der Waals surface area (Å²) in [6.07, 6.45) is 12.4. The molecule has 5 aliphatic rings. The molecule has 5 aliphatic heterocycles. The van der Waals surface area contributed by atoms with E-state index in [0.717, 1.165) is 87.8 Å². The molecule has 0 fully saturated rings. The SMILES string of the molecule is CC1NC(=O)c2c(Cl)cc(Nc3ccncn3)cc21.CC1NC(=O)c2c(Cl)cc(Nc3ccncn3)cc21.COc1ccc(CN2C(=O)c3c(Cl)cc(Br)cc3C2C)cc1.COc1ccc(CN2C(=O)c3c(Cl)cc(Nc4ccncn4)cc3C2C)cc1.COc1ccc(CN2Cc3cc(Br)cc(Cl)c3C2=O)cc1.Nc1ccncn1. The summed E-state index contributed by atoms with van der Waals surface area (Å²) in [5.41, 5.74) is 18.3. The minimum atomic E-state index is -0.124. The summed E-state index contributed by atoms with van der Waals surface area (Å²) in [7, 11) is 4.90. The van der Waals surface area contributed by atoms with E-state index in [9.17, 15) is 24.0 Å². The topological polar surface area (TPSA) is 312 Å². The van der Waals surface area contributed by atoms with Crippen molar-refractivity contribution < 1.29 is 38.2 Å². The van der Waals surface area contributed by atoms with Gasteiger partial charge in [-0.3, -0.25) is 24.0 Å². The monoisotopic (exact) mass is 1780 g/mol. The van der Waals surface area contributed by atoms with Gasteiger partial charge >= 0.3 is 0 Å². The lowest BCUT2D eigenvalue weighted by molar-refractivity contribution is 0.0715. The molecule has 8 aromatic carbocycles. The van der Waals surface area contributed by atoms with Gasteiger partial charge in [0.05, 0.1) is 98.4 Å². The molecular weight excluding hydrogens is 1710 g/mol. The Kier molecular flexibility index (Phi) is 27.7. The standard InChI is InChI=1S/C21H19ClN4O2.C17H15BrClNO2.C16H13BrClNO2.2C13H11ClN4O.C4H5N3/c1-13-17-9-15(25-19-7-8-23-12-24-19)10-18(22)20(17)21(27)26(13)11-14-3-5-16(28-2)6-4-14;1-10-14-7-12(18)8-15(19)16(14)17(21)20(10)9-11-3-5-13(22-2)6-4-11;1-21-13-4-2-10(3-5-13)8-19-9-11-6-12(17)7-14(18)15(11)16(19)20;2*1-7-9-4-8(18-11-2-3-15-6-16-11)5-10(14)12(9)13(19)17-7;5-4-1-2-6-3-7-4/h3-10,12-13H,11H2,1-2H3,(H,23,24,25);3-8,10H,9H2,1-2H3;2-7H,8-9H2,1H3;2*2-7H,1H3,(H,17,19)(H,15,16,18);1-3H,(H2,5,6,7). The second-order valence-corrected chi connectivity index (χ2v) is 30.5. The average molecular weight is 1790 g/mol. The third-order valence-corrected chi connectivity index (χ3v) is 21.4. The number of anilines is 7. The molecule has 17 rings (SSSR count). The first-order valence-electron chi connectivity index (χ1n) is 35.8. The molecule has 7 N–H and O–H groups in total. The normalized spacial score (nSPS) is 15.4. The van der Waals surface area contributed by atoms with Gasteiger partial charge in [0.15, 0.2) is 0 Å². The first-order chi connectivity index (χ1) is 55.8. The first-order valence-corrected chi connectivity index (χ1v) is 39.3. The number of amides is 5. The van der Waals surface area contributed by atoms with Gasteiger partial charge in [-0.15, -0.1) is 0 Å². The highest BCUT2D eigenvalue weighted by atomic mass is 79.9. The molecule has 5 amide bonds. The molecular formula is C84H74Br2Cl5N17O8. The maximum absolute atomic E-state index is 13.0. The minimum Gasteiger partial charge on any atom is -0.497 e. The van der Waals surface area contributed by atoms with Crippen LogP contribution in [0.15, 0.2) is 217 Å². The number of nitrogens with two attached hydrogens (primary N) is 1. The number of hydrogen-bond acceptors (Lipinski definition) is 20. The summed E-state index contributed by atoms with van der Waals surface area (Å²) in [5.74, 6) is 4.59. The van der Waals surface area contributed by atoms with E-state index in [1.807, 2.05) is 141 Å². The van der Waals surface area contributed by atoms with Crippen molar-refractivity contribution in [3.63, 3.8) is 0 Å². The summed E-state index contributed by atoms with van der Waals surface area (Å²) in [4.78, 5) is 98.3. The zero-order chi connectivity index (χ0) is 82.4. The van der Waals surface area contributed by atoms with Crippen LogP contribution in [-0.4, -0.2) is 105 Å². The van der Waals surface area contributed by atoms with Crippen molar-refractivity contribution in [2.75, 3.05) is 43.0 Å². The molecule has 9 heterocycles. The van der Waals surface area contributed by atoms with Crippen LogP contribution in [0.1, 0.15) is 148 Å². The predicted molar refractivity (Wildman–Crippen MR) is 456 cm³/mol. The number of fused-ring (bicyclic) bond motifs is 5. The van der Waals surface area contributed by atoms with Gasteiger partial charge < -0.3 is 61.2 Å². The molecule has 4 atom stereocenters. The van der Waals surface area contributed by atoms with E-state index in [0.29, 0.717) is 102 Å². The summed E-state index contributed by atoms with van der Waals surface area (Å²) >= 11 is 38.1. The van der Waals surface area contributed by atoms with Crippen LogP contribution in [0.5, 0.6) is 17.2 Å².